The lowest BCUT2D eigenvalue weighted by atomic mass is 9.96. The van der Waals surface area contributed by atoms with Gasteiger partial charge in [-0.2, -0.15) is 5.10 Å². The number of nitrogens with two attached hydrogens (primary N) is 1. The fourth-order valence-electron chi connectivity index (χ4n) is 2.75. The van der Waals surface area contributed by atoms with Gasteiger partial charge in [0, 0.05) is 23.7 Å². The number of benzene rings is 1. The molecule has 0 amide bonds. The van der Waals surface area contributed by atoms with Crippen LogP contribution < -0.4 is 5.73 Å². The van der Waals surface area contributed by atoms with Gasteiger partial charge in [-0.15, -0.1) is 0 Å². The summed E-state index contributed by atoms with van der Waals surface area (Å²) in [5, 5.41) is 5.88. The Hall–Kier alpha value is -1.35. The average molecular weight is 229 g/mol. The summed E-state index contributed by atoms with van der Waals surface area (Å²) in [6.07, 6.45) is 2.19. The maximum atomic E-state index is 6.38. The smallest absolute Gasteiger partial charge is 0.0929 e. The molecule has 1 aliphatic carbocycles. The zero-order valence-electron chi connectivity index (χ0n) is 10.7. The Kier molecular flexibility index (Phi) is 2.11. The van der Waals surface area contributed by atoms with Crippen LogP contribution in [-0.4, -0.2) is 9.78 Å². The number of aryl methyl sites for hydroxylation is 1. The quantitative estimate of drug-likeness (QED) is 0.860. The second-order valence-electron chi connectivity index (χ2n) is 5.52. The molecule has 1 aliphatic rings. The third-order valence-corrected chi connectivity index (χ3v) is 3.78. The standard InChI is InChI=1S/C14H19N3/c1-9(2)13-12-10(14(15)7-8-14)5-4-6-11(12)16-17(13)3/h4-6,9H,7-8,15H2,1-3H3. The molecular weight excluding hydrogens is 210 g/mol. The van der Waals surface area contributed by atoms with E-state index >= 15 is 0 Å². The molecule has 1 fully saturated rings. The van der Waals surface area contributed by atoms with E-state index in [1.165, 1.54) is 16.6 Å². The number of nitrogens with zero attached hydrogens (tertiary/aromatic N) is 2. The molecule has 3 rings (SSSR count). The Balaban J connectivity index is 2.36. The predicted octanol–water partition coefficient (Wildman–Crippen LogP) is 2.64. The molecule has 1 heterocycles. The van der Waals surface area contributed by atoms with Gasteiger partial charge in [-0.3, -0.25) is 4.68 Å². The normalized spacial score (nSPS) is 17.9. The van der Waals surface area contributed by atoms with Crippen LogP contribution in [0.4, 0.5) is 0 Å². The Morgan fingerprint density at radius 3 is 2.65 bits per heavy atom. The van der Waals surface area contributed by atoms with Crippen molar-refractivity contribution in [1.82, 2.24) is 9.78 Å². The molecule has 2 aromatic rings. The monoisotopic (exact) mass is 229 g/mol. The van der Waals surface area contributed by atoms with Gasteiger partial charge >= 0.3 is 0 Å². The lowest BCUT2D eigenvalue weighted by Crippen LogP contribution is -2.19. The molecule has 90 valence electrons. The van der Waals surface area contributed by atoms with Gasteiger partial charge in [-0.25, -0.2) is 0 Å². The van der Waals surface area contributed by atoms with Crippen LogP contribution in [0.1, 0.15) is 43.9 Å². The van der Waals surface area contributed by atoms with E-state index in [-0.39, 0.29) is 5.54 Å². The molecule has 0 radical (unpaired) electrons. The van der Waals surface area contributed by atoms with E-state index in [0.29, 0.717) is 5.92 Å². The minimum Gasteiger partial charge on any atom is -0.321 e. The van der Waals surface area contributed by atoms with Crippen molar-refractivity contribution in [3.05, 3.63) is 29.5 Å². The van der Waals surface area contributed by atoms with Crippen molar-refractivity contribution in [2.75, 3.05) is 0 Å². The van der Waals surface area contributed by atoms with Gasteiger partial charge in [-0.1, -0.05) is 26.0 Å². The van der Waals surface area contributed by atoms with Gasteiger partial charge in [0.25, 0.3) is 0 Å². The SMILES string of the molecule is CC(C)c1c2c(C3(N)CC3)cccc2nn1C. The van der Waals surface area contributed by atoms with Gasteiger partial charge < -0.3 is 5.73 Å². The van der Waals surface area contributed by atoms with Crippen molar-refractivity contribution in [2.45, 2.75) is 38.1 Å². The molecule has 0 unspecified atom stereocenters. The maximum absolute atomic E-state index is 6.38. The molecule has 0 aliphatic heterocycles. The Labute approximate surface area is 102 Å². The van der Waals surface area contributed by atoms with Crippen LogP contribution in [0.15, 0.2) is 18.2 Å². The molecule has 17 heavy (non-hydrogen) atoms. The summed E-state index contributed by atoms with van der Waals surface area (Å²) in [5.74, 6) is 0.466. The van der Waals surface area contributed by atoms with Crippen LogP contribution in [0, 0.1) is 0 Å². The number of aromatic nitrogens is 2. The van der Waals surface area contributed by atoms with Crippen LogP contribution >= 0.6 is 0 Å². The van der Waals surface area contributed by atoms with Crippen LogP contribution in [0.3, 0.4) is 0 Å². The Morgan fingerprint density at radius 1 is 1.35 bits per heavy atom. The topological polar surface area (TPSA) is 43.8 Å². The van der Waals surface area contributed by atoms with Crippen molar-refractivity contribution in [3.8, 4) is 0 Å². The first-order chi connectivity index (χ1) is 8.03. The first-order valence-electron chi connectivity index (χ1n) is 6.28. The van der Waals surface area contributed by atoms with E-state index < -0.39 is 0 Å². The summed E-state index contributed by atoms with van der Waals surface area (Å²) in [7, 11) is 2.02. The number of hydrogen-bond donors (Lipinski definition) is 1. The van der Waals surface area contributed by atoms with Crippen molar-refractivity contribution in [1.29, 1.82) is 0 Å². The molecule has 0 atom stereocenters. The molecule has 0 saturated heterocycles. The summed E-state index contributed by atoms with van der Waals surface area (Å²) >= 11 is 0. The molecule has 0 spiro atoms. The van der Waals surface area contributed by atoms with Gasteiger partial charge in [-0.05, 0) is 30.4 Å². The highest BCUT2D eigenvalue weighted by atomic mass is 15.3. The summed E-state index contributed by atoms with van der Waals surface area (Å²) in [6, 6.07) is 6.32. The molecule has 0 bridgehead atoms. The average Bonchev–Trinajstić information content (AvgIpc) is 2.90. The van der Waals surface area contributed by atoms with Crippen LogP contribution in [0.2, 0.25) is 0 Å². The highest BCUT2D eigenvalue weighted by Crippen LogP contribution is 2.46. The molecular formula is C14H19N3. The summed E-state index contributed by atoms with van der Waals surface area (Å²) < 4.78 is 2.00. The van der Waals surface area contributed by atoms with Crippen molar-refractivity contribution >= 4 is 10.9 Å². The highest BCUT2D eigenvalue weighted by molar-refractivity contribution is 5.87. The fourth-order valence-corrected chi connectivity index (χ4v) is 2.75. The molecule has 1 saturated carbocycles. The minimum atomic E-state index is -0.0911. The fraction of sp³-hybridized carbons (Fsp3) is 0.500. The lowest BCUT2D eigenvalue weighted by Gasteiger charge is -2.13. The van der Waals surface area contributed by atoms with Gasteiger partial charge in [0.05, 0.1) is 5.52 Å². The first kappa shape index (κ1) is 10.8. The van der Waals surface area contributed by atoms with E-state index in [0.717, 1.165) is 18.4 Å². The van der Waals surface area contributed by atoms with E-state index in [1.54, 1.807) is 0 Å². The molecule has 3 nitrogen and oxygen atoms in total. The van der Waals surface area contributed by atoms with Crippen molar-refractivity contribution in [2.24, 2.45) is 12.8 Å². The zero-order chi connectivity index (χ0) is 12.2. The molecule has 1 aromatic carbocycles. The van der Waals surface area contributed by atoms with Gasteiger partial charge in [0.1, 0.15) is 0 Å². The third kappa shape index (κ3) is 1.49. The number of rotatable bonds is 2. The lowest BCUT2D eigenvalue weighted by molar-refractivity contribution is 0.675. The van der Waals surface area contributed by atoms with E-state index in [4.69, 9.17) is 5.73 Å². The number of hydrogen-bond acceptors (Lipinski definition) is 2. The number of fused-ring (bicyclic) bond motifs is 1. The highest BCUT2D eigenvalue weighted by Gasteiger charge is 2.42. The summed E-state index contributed by atoms with van der Waals surface area (Å²) in [6.45, 7) is 4.42. The van der Waals surface area contributed by atoms with Gasteiger partial charge in [0.2, 0.25) is 0 Å². The molecule has 1 aromatic heterocycles. The van der Waals surface area contributed by atoms with Crippen LogP contribution in [-0.2, 0) is 12.6 Å². The predicted molar refractivity (Wildman–Crippen MR) is 69.9 cm³/mol. The second-order valence-corrected chi connectivity index (χ2v) is 5.52. The van der Waals surface area contributed by atoms with Crippen molar-refractivity contribution in [3.63, 3.8) is 0 Å². The van der Waals surface area contributed by atoms with Crippen molar-refractivity contribution < 1.29 is 0 Å². The Bertz CT molecular complexity index is 576. The molecule has 3 heteroatoms. The van der Waals surface area contributed by atoms with Gasteiger partial charge in [0.15, 0.2) is 0 Å². The van der Waals surface area contributed by atoms with E-state index in [1.807, 2.05) is 11.7 Å². The van der Waals surface area contributed by atoms with Crippen LogP contribution in [0.25, 0.3) is 10.9 Å². The zero-order valence-corrected chi connectivity index (χ0v) is 10.7. The largest absolute Gasteiger partial charge is 0.321 e. The summed E-state index contributed by atoms with van der Waals surface area (Å²) in [4.78, 5) is 0. The van der Waals surface area contributed by atoms with E-state index in [2.05, 4.69) is 37.1 Å². The Morgan fingerprint density at radius 2 is 2.06 bits per heavy atom. The van der Waals surface area contributed by atoms with Crippen LogP contribution in [0.5, 0.6) is 0 Å². The molecule has 2 N–H and O–H groups in total. The minimum absolute atomic E-state index is 0.0911. The summed E-state index contributed by atoms with van der Waals surface area (Å²) in [5.41, 5.74) is 9.94. The third-order valence-electron chi connectivity index (χ3n) is 3.78. The van der Waals surface area contributed by atoms with E-state index in [9.17, 15) is 0 Å². The first-order valence-corrected chi connectivity index (χ1v) is 6.28. The second kappa shape index (κ2) is 3.33. The maximum Gasteiger partial charge on any atom is 0.0929 e.